The lowest BCUT2D eigenvalue weighted by molar-refractivity contribution is 0.0588. The molecule has 3 amide bonds. The molecule has 11 aromatic rings. The number of carbonyl (C=O) groups excluding carboxylic acids is 3. The Morgan fingerprint density at radius 2 is 0.619 bits per heavy atom. The number of methoxy groups -OCH3 is 3. The summed E-state index contributed by atoms with van der Waals surface area (Å²) in [5.74, 6) is -0.515. The first-order valence-corrected chi connectivity index (χ1v) is 39.9. The Bertz CT molecular complexity index is 5220. The predicted molar refractivity (Wildman–Crippen MR) is 448 cm³/mol. The molecular weight excluding hydrogens is 1500 g/mol. The van der Waals surface area contributed by atoms with Crippen LogP contribution in [0.2, 0.25) is 0 Å². The average Bonchev–Trinajstić information content (AvgIpc) is 1.30. The molecule has 2 fully saturated rings. The lowest BCUT2D eigenvalue weighted by atomic mass is 9.98. The van der Waals surface area contributed by atoms with Gasteiger partial charge in [0.25, 0.3) is 17.7 Å². The number of ether oxygens (including phenoxy) is 7. The Labute approximate surface area is 685 Å². The molecule has 0 spiro atoms. The first-order valence-electron chi connectivity index (χ1n) is 39.9. The molecule has 24 heteroatoms. The van der Waals surface area contributed by atoms with Crippen LogP contribution in [-0.4, -0.2) is 151 Å². The maximum atomic E-state index is 14.3. The number of pyridine rings is 3. The molecule has 0 radical (unpaired) electrons. The van der Waals surface area contributed by atoms with Crippen molar-refractivity contribution in [1.82, 2.24) is 28.7 Å². The molecule has 2 N–H and O–H groups in total. The SMILES string of the molecule is COCCN1CN(C(c2ccccc2)c2ccccc2)n2c(CO)cc(=O)c(OCc3ccccc3)c2C1=O.COCCN1CN(C(c2ccccc2)c2ccccc2)n2c(COCC3CC3)cc(=O)c(O)c2C1=O.COCCN1CN(C(c2ccccc2)c2ccccc2)n2c(COCC3CC3)cc(=O)c(OCc3ccccc3)c2C1=O. The topological polar surface area (TPSA) is 242 Å². The molecule has 0 atom stereocenters. The van der Waals surface area contributed by atoms with Gasteiger partial charge in [-0.05, 0) is 82.0 Å². The number of fused-ring (bicyclic) bond motifs is 3. The van der Waals surface area contributed by atoms with E-state index in [-0.39, 0.29) is 110 Å². The molecule has 118 heavy (non-hydrogen) atoms. The Morgan fingerprint density at radius 1 is 0.347 bits per heavy atom. The number of rotatable bonds is 33. The highest BCUT2D eigenvalue weighted by atomic mass is 16.5. The number of carbonyl (C=O) groups is 3. The van der Waals surface area contributed by atoms with Gasteiger partial charge in [-0.1, -0.05) is 243 Å². The summed E-state index contributed by atoms with van der Waals surface area (Å²) in [5, 5.41) is 27.4. The van der Waals surface area contributed by atoms with E-state index < -0.39 is 29.1 Å². The van der Waals surface area contributed by atoms with Crippen LogP contribution in [0.25, 0.3) is 0 Å². The molecule has 3 aromatic heterocycles. The maximum absolute atomic E-state index is 14.3. The predicted octanol–water partition coefficient (Wildman–Crippen LogP) is 12.1. The number of aromatic hydroxyl groups is 1. The molecule has 610 valence electrons. The molecule has 0 unspecified atom stereocenters. The number of hydrogen-bond donors (Lipinski definition) is 2. The number of aliphatic hydroxyl groups is 1. The van der Waals surface area contributed by atoms with Gasteiger partial charge in [-0.15, -0.1) is 0 Å². The lowest BCUT2D eigenvalue weighted by Crippen LogP contribution is -2.57. The van der Waals surface area contributed by atoms with E-state index in [1.54, 1.807) is 51.4 Å². The van der Waals surface area contributed by atoms with Crippen LogP contribution in [0, 0.1) is 11.8 Å². The first kappa shape index (κ1) is 82.1. The van der Waals surface area contributed by atoms with Gasteiger partial charge in [0.15, 0.2) is 34.3 Å². The highest BCUT2D eigenvalue weighted by Crippen LogP contribution is 2.39. The van der Waals surface area contributed by atoms with Gasteiger partial charge in [-0.25, -0.2) is 14.0 Å². The van der Waals surface area contributed by atoms with Crippen molar-refractivity contribution in [2.45, 2.75) is 76.8 Å². The van der Waals surface area contributed by atoms with Crippen LogP contribution < -0.4 is 40.8 Å². The summed E-state index contributed by atoms with van der Waals surface area (Å²) in [6, 6.07) is 82.8. The highest BCUT2D eigenvalue weighted by molar-refractivity contribution is 5.98. The molecule has 2 aliphatic carbocycles. The second-order valence-electron chi connectivity index (χ2n) is 29.7. The van der Waals surface area contributed by atoms with Gasteiger partial charge in [0, 0.05) is 72.4 Å². The van der Waals surface area contributed by atoms with Crippen molar-refractivity contribution in [2.24, 2.45) is 11.8 Å². The second kappa shape index (κ2) is 39.5. The van der Waals surface area contributed by atoms with Crippen molar-refractivity contribution >= 4 is 17.7 Å². The molecular formula is C94H99N9O15. The molecule has 5 aliphatic rings. The Balaban J connectivity index is 0.000000146. The highest BCUT2D eigenvalue weighted by Gasteiger charge is 2.43. The monoisotopic (exact) mass is 1590 g/mol. The van der Waals surface area contributed by atoms with E-state index in [4.69, 9.17) is 33.2 Å². The average molecular weight is 1590 g/mol. The number of hydrogen-bond acceptors (Lipinski definition) is 18. The summed E-state index contributed by atoms with van der Waals surface area (Å²) in [6.45, 7) is 4.18. The van der Waals surface area contributed by atoms with Gasteiger partial charge in [0.2, 0.25) is 16.3 Å². The summed E-state index contributed by atoms with van der Waals surface area (Å²) in [4.78, 5) is 86.5. The summed E-state index contributed by atoms with van der Waals surface area (Å²) >= 11 is 0. The van der Waals surface area contributed by atoms with Crippen molar-refractivity contribution in [2.75, 3.05) is 109 Å². The fourth-order valence-corrected chi connectivity index (χ4v) is 15.1. The van der Waals surface area contributed by atoms with E-state index in [0.717, 1.165) is 70.2 Å². The zero-order valence-electron chi connectivity index (χ0n) is 66.6. The van der Waals surface area contributed by atoms with E-state index in [1.165, 1.54) is 12.1 Å². The van der Waals surface area contributed by atoms with Crippen molar-refractivity contribution in [1.29, 1.82) is 0 Å². The molecule has 0 saturated heterocycles. The number of aliphatic hydroxyl groups excluding tert-OH is 1. The summed E-state index contributed by atoms with van der Waals surface area (Å²) in [7, 11) is 4.78. The third-order valence-electron chi connectivity index (χ3n) is 21.4. The van der Waals surface area contributed by atoms with E-state index >= 15 is 0 Å². The number of amides is 3. The van der Waals surface area contributed by atoms with Crippen LogP contribution >= 0.6 is 0 Å². The molecule has 6 heterocycles. The summed E-state index contributed by atoms with van der Waals surface area (Å²) in [6.07, 6.45) is 4.62. The van der Waals surface area contributed by atoms with Crippen molar-refractivity contribution in [3.8, 4) is 17.2 Å². The van der Waals surface area contributed by atoms with Crippen LogP contribution in [0.15, 0.2) is 275 Å². The molecule has 16 rings (SSSR count). The Kier molecular flexibility index (Phi) is 27.5. The summed E-state index contributed by atoms with van der Waals surface area (Å²) in [5.41, 5.74) is 8.17. The largest absolute Gasteiger partial charge is 0.502 e. The third-order valence-corrected chi connectivity index (χ3v) is 21.4. The number of aromatic nitrogens is 3. The van der Waals surface area contributed by atoms with Gasteiger partial charge < -0.3 is 58.1 Å². The van der Waals surface area contributed by atoms with E-state index in [0.29, 0.717) is 81.6 Å². The van der Waals surface area contributed by atoms with Gasteiger partial charge >= 0.3 is 0 Å². The zero-order valence-corrected chi connectivity index (χ0v) is 66.6. The minimum absolute atomic E-state index is 0.0341. The minimum Gasteiger partial charge on any atom is -0.502 e. The molecule has 2 saturated carbocycles. The molecule has 8 aromatic carbocycles. The van der Waals surface area contributed by atoms with E-state index in [9.17, 15) is 39.0 Å². The van der Waals surface area contributed by atoms with Gasteiger partial charge in [0.1, 0.15) is 33.2 Å². The fraction of sp³-hybridized carbons (Fsp3) is 0.298. The molecule has 0 bridgehead atoms. The van der Waals surface area contributed by atoms with Crippen molar-refractivity contribution in [3.05, 3.63) is 370 Å². The maximum Gasteiger partial charge on any atom is 0.277 e. The van der Waals surface area contributed by atoms with E-state index in [2.05, 4.69) is 29.3 Å². The second-order valence-corrected chi connectivity index (χ2v) is 29.7. The number of benzene rings is 8. The smallest absolute Gasteiger partial charge is 0.277 e. The standard InChI is InChI=1S/C35H37N3O5.C31H31N3O5.C28H31N3O5/c1-41-20-19-36-25-37(32(28-13-7-3-8-14-28)29-15-9-4-10-16-29)38-30(24-42-22-27-17-18-27)21-31(39)34(33(38)35(36)40)43-23-26-11-5-2-6-12-26;1-38-18-17-32-22-33(28(24-13-7-3-8-14-24)25-15-9-4-10-16-25)34-26(20-35)19-27(36)30(29(34)31(32)37)39-21-23-11-5-2-6-12-23;1-35-15-14-29-19-30(25(21-8-4-2-5-9-21)22-10-6-3-7-11-22)31-23(18-36-17-20-12-13-20)16-24(32)27(33)26(31)28(29)34/h2-16,21,27,32H,17-20,22-25H2,1H3;2-16,19,28,35H,17-18,20-22H2,1H3;2-11,16,20,25,33H,12-15,17-19H2,1H3. The fourth-order valence-electron chi connectivity index (χ4n) is 15.1. The summed E-state index contributed by atoms with van der Waals surface area (Å²) < 4.78 is 45.5. The van der Waals surface area contributed by atoms with E-state index in [1.807, 2.05) is 233 Å². The van der Waals surface area contributed by atoms with Crippen LogP contribution in [-0.2, 0) is 56.7 Å². The van der Waals surface area contributed by atoms with Gasteiger partial charge in [-0.2, -0.15) is 0 Å². The number of nitrogens with zero attached hydrogens (tertiary/aromatic N) is 9. The minimum atomic E-state index is -0.593. The van der Waals surface area contributed by atoms with Crippen LogP contribution in [0.5, 0.6) is 17.2 Å². The van der Waals surface area contributed by atoms with Crippen molar-refractivity contribution in [3.63, 3.8) is 0 Å². The van der Waals surface area contributed by atoms with Gasteiger partial charge in [0.05, 0.1) is 74.8 Å². The van der Waals surface area contributed by atoms with Crippen LogP contribution in [0.3, 0.4) is 0 Å². The normalized spacial score (nSPS) is 14.4. The zero-order chi connectivity index (χ0) is 81.9. The Morgan fingerprint density at radius 3 is 0.915 bits per heavy atom. The van der Waals surface area contributed by atoms with Crippen LogP contribution in [0.1, 0.15) is 137 Å². The third kappa shape index (κ3) is 19.3. The van der Waals surface area contributed by atoms with Crippen LogP contribution in [0.4, 0.5) is 0 Å². The molecule has 3 aliphatic heterocycles. The molecule has 24 nitrogen and oxygen atoms in total. The quantitative estimate of drug-likeness (QED) is 0.0388. The first-order chi connectivity index (χ1) is 57.8. The lowest BCUT2D eigenvalue weighted by Gasteiger charge is -2.45. The Hall–Kier alpha value is -12.4. The van der Waals surface area contributed by atoms with Gasteiger partial charge in [-0.3, -0.25) is 43.8 Å². The van der Waals surface area contributed by atoms with Crippen molar-refractivity contribution < 1.29 is 57.8 Å².